The fourth-order valence-corrected chi connectivity index (χ4v) is 2.83. The average molecular weight is 348 g/mol. The van der Waals surface area contributed by atoms with E-state index in [4.69, 9.17) is 4.74 Å². The molecule has 0 aliphatic carbocycles. The van der Waals surface area contributed by atoms with Crippen LogP contribution in [0.1, 0.15) is 21.5 Å². The van der Waals surface area contributed by atoms with Gasteiger partial charge < -0.3 is 4.74 Å². The molecule has 0 atom stereocenters. The number of nitrogens with zero attached hydrogens (tertiary/aromatic N) is 1. The molecule has 0 fully saturated rings. The molecule has 2 rings (SSSR count). The Labute approximate surface area is 129 Å². The molecule has 6 nitrogen and oxygen atoms in total. The zero-order valence-corrected chi connectivity index (χ0v) is 12.7. The topological polar surface area (TPSA) is 89.1 Å². The summed E-state index contributed by atoms with van der Waals surface area (Å²) in [7, 11) is -2.81. The van der Waals surface area contributed by atoms with Gasteiger partial charge in [-0.15, -0.1) is 0 Å². The minimum atomic E-state index is -4.73. The first-order valence-corrected chi connectivity index (χ1v) is 7.98. The lowest BCUT2D eigenvalue weighted by Crippen LogP contribution is -2.13. The first-order valence-electron chi connectivity index (χ1n) is 6.09. The molecule has 0 bridgehead atoms. The number of aromatic nitrogens is 2. The van der Waals surface area contributed by atoms with Crippen molar-refractivity contribution in [1.82, 2.24) is 10.2 Å². The Morgan fingerprint density at radius 2 is 1.91 bits per heavy atom. The third-order valence-electron chi connectivity index (χ3n) is 3.01. The summed E-state index contributed by atoms with van der Waals surface area (Å²) in [6.45, 7) is 0. The monoisotopic (exact) mass is 348 g/mol. The number of hydrogen-bond donors (Lipinski definition) is 1. The van der Waals surface area contributed by atoms with E-state index in [1.54, 1.807) is 0 Å². The van der Waals surface area contributed by atoms with Crippen LogP contribution in [-0.2, 0) is 16.0 Å². The molecule has 1 aromatic heterocycles. The van der Waals surface area contributed by atoms with Gasteiger partial charge in [-0.25, -0.2) is 13.5 Å². The van der Waals surface area contributed by atoms with Gasteiger partial charge in [-0.1, -0.05) is 0 Å². The van der Waals surface area contributed by atoms with Gasteiger partial charge in [-0.3, -0.25) is 4.79 Å². The van der Waals surface area contributed by atoms with Crippen LogP contribution >= 0.6 is 0 Å². The second kappa shape index (κ2) is 5.69. The quantitative estimate of drug-likeness (QED) is 0.855. The van der Waals surface area contributed by atoms with Crippen LogP contribution < -0.4 is 4.74 Å². The lowest BCUT2D eigenvalue weighted by Gasteiger charge is -2.12. The minimum Gasteiger partial charge on any atom is -0.481 e. The highest BCUT2D eigenvalue weighted by Gasteiger charge is 2.33. The maximum absolute atomic E-state index is 12.8. The number of nitrogens with one attached hydrogen (secondary N) is 1. The molecule has 23 heavy (non-hydrogen) atoms. The van der Waals surface area contributed by atoms with Gasteiger partial charge >= 0.3 is 6.18 Å². The largest absolute Gasteiger partial charge is 0.481 e. The number of methoxy groups -OCH3 is 1. The number of ether oxygens (including phenoxy) is 1. The molecule has 0 radical (unpaired) electrons. The van der Waals surface area contributed by atoms with Crippen LogP contribution in [0, 0.1) is 0 Å². The fourth-order valence-electron chi connectivity index (χ4n) is 1.93. The number of benzene rings is 1. The molecular weight excluding hydrogens is 337 g/mol. The van der Waals surface area contributed by atoms with Gasteiger partial charge in [-0.05, 0) is 18.2 Å². The van der Waals surface area contributed by atoms with E-state index in [2.05, 4.69) is 10.2 Å². The highest BCUT2D eigenvalue weighted by Crippen LogP contribution is 2.33. The lowest BCUT2D eigenvalue weighted by molar-refractivity contribution is -0.137. The molecule has 1 heterocycles. The van der Waals surface area contributed by atoms with Crippen molar-refractivity contribution in [2.75, 3.05) is 13.4 Å². The average Bonchev–Trinajstić information content (AvgIpc) is 2.92. The normalized spacial score (nSPS) is 12.2. The standard InChI is InChI=1S/C13H11F3N2O4S/c1-22-12-9(6-17-18-12)11(19)8-4-3-7(13(14,15)16)5-10(8)23(2,20)21/h3-6H,1-2H3,(H,17,18). The van der Waals surface area contributed by atoms with Gasteiger partial charge in [0.1, 0.15) is 5.56 Å². The summed E-state index contributed by atoms with van der Waals surface area (Å²) >= 11 is 0. The minimum absolute atomic E-state index is 0.0191. The zero-order valence-electron chi connectivity index (χ0n) is 11.9. The summed E-state index contributed by atoms with van der Waals surface area (Å²) in [6.07, 6.45) is -2.90. The third kappa shape index (κ3) is 3.36. The number of H-pyrrole nitrogens is 1. The van der Waals surface area contributed by atoms with E-state index in [9.17, 15) is 26.4 Å². The molecule has 1 N–H and O–H groups in total. The van der Waals surface area contributed by atoms with Gasteiger partial charge in [0, 0.05) is 11.8 Å². The number of hydrogen-bond acceptors (Lipinski definition) is 5. The highest BCUT2D eigenvalue weighted by atomic mass is 32.2. The Balaban J connectivity index is 2.65. The van der Waals surface area contributed by atoms with Gasteiger partial charge in [-0.2, -0.15) is 18.3 Å². The third-order valence-corrected chi connectivity index (χ3v) is 4.14. The smallest absolute Gasteiger partial charge is 0.416 e. The van der Waals surface area contributed by atoms with Gasteiger partial charge in [0.15, 0.2) is 9.84 Å². The SMILES string of the molecule is COc1[nH]ncc1C(=O)c1ccc(C(F)(F)F)cc1S(C)(=O)=O. The van der Waals surface area contributed by atoms with Crippen molar-refractivity contribution in [3.05, 3.63) is 41.1 Å². The molecule has 0 aliphatic heterocycles. The van der Waals surface area contributed by atoms with Crippen LogP contribution in [-0.4, -0.2) is 37.8 Å². The molecule has 0 amide bonds. The van der Waals surface area contributed by atoms with Crippen molar-refractivity contribution in [3.8, 4) is 5.88 Å². The molecule has 124 valence electrons. The number of ketones is 1. The molecule has 0 saturated heterocycles. The number of carbonyl (C=O) groups excluding carboxylic acids is 1. The highest BCUT2D eigenvalue weighted by molar-refractivity contribution is 7.90. The zero-order chi connectivity index (χ0) is 17.4. The van der Waals surface area contributed by atoms with E-state index in [0.29, 0.717) is 12.1 Å². The Hall–Kier alpha value is -2.36. The van der Waals surface area contributed by atoms with Crippen molar-refractivity contribution >= 4 is 15.6 Å². The van der Waals surface area contributed by atoms with Crippen molar-refractivity contribution in [2.24, 2.45) is 0 Å². The molecule has 0 aliphatic rings. The van der Waals surface area contributed by atoms with Crippen LogP contribution in [0.2, 0.25) is 0 Å². The van der Waals surface area contributed by atoms with E-state index in [-0.39, 0.29) is 17.0 Å². The van der Waals surface area contributed by atoms with Crippen molar-refractivity contribution in [3.63, 3.8) is 0 Å². The first-order chi connectivity index (χ1) is 10.6. The number of aromatic amines is 1. The maximum atomic E-state index is 12.8. The van der Waals surface area contributed by atoms with Gasteiger partial charge in [0.2, 0.25) is 11.7 Å². The summed E-state index contributed by atoms with van der Waals surface area (Å²) in [4.78, 5) is 11.7. The number of alkyl halides is 3. The molecule has 0 spiro atoms. The predicted molar refractivity (Wildman–Crippen MR) is 73.1 cm³/mol. The number of rotatable bonds is 4. The van der Waals surface area contributed by atoms with E-state index in [1.807, 2.05) is 0 Å². The van der Waals surface area contributed by atoms with Crippen molar-refractivity contribution < 1.29 is 31.1 Å². The second-order valence-electron chi connectivity index (χ2n) is 4.63. The van der Waals surface area contributed by atoms with E-state index in [1.165, 1.54) is 7.11 Å². The summed E-state index contributed by atoms with van der Waals surface area (Å²) in [5.41, 5.74) is -1.63. The summed E-state index contributed by atoms with van der Waals surface area (Å²) in [5, 5.41) is 5.97. The molecule has 0 saturated carbocycles. The van der Waals surface area contributed by atoms with Crippen LogP contribution in [0.4, 0.5) is 13.2 Å². The van der Waals surface area contributed by atoms with Crippen LogP contribution in [0.15, 0.2) is 29.3 Å². The van der Waals surface area contributed by atoms with Crippen LogP contribution in [0.25, 0.3) is 0 Å². The van der Waals surface area contributed by atoms with E-state index < -0.39 is 32.3 Å². The Morgan fingerprint density at radius 1 is 1.26 bits per heavy atom. The summed E-state index contributed by atoms with van der Waals surface area (Å²) < 4.78 is 66.7. The van der Waals surface area contributed by atoms with Gasteiger partial charge in [0.05, 0.1) is 23.8 Å². The predicted octanol–water partition coefficient (Wildman–Crippen LogP) is 2.07. The van der Waals surface area contributed by atoms with Crippen molar-refractivity contribution in [1.29, 1.82) is 0 Å². The lowest BCUT2D eigenvalue weighted by atomic mass is 10.0. The summed E-state index contributed by atoms with van der Waals surface area (Å²) in [5.74, 6) is -0.834. The Bertz CT molecular complexity index is 856. The number of carbonyl (C=O) groups is 1. The van der Waals surface area contributed by atoms with Gasteiger partial charge in [0.25, 0.3) is 0 Å². The second-order valence-corrected chi connectivity index (χ2v) is 6.61. The van der Waals surface area contributed by atoms with Crippen LogP contribution in [0.5, 0.6) is 5.88 Å². The fraction of sp³-hybridized carbons (Fsp3) is 0.231. The molecule has 2 aromatic rings. The van der Waals surface area contributed by atoms with Crippen molar-refractivity contribution in [2.45, 2.75) is 11.1 Å². The maximum Gasteiger partial charge on any atom is 0.416 e. The Kier molecular flexibility index (Phi) is 4.20. The first kappa shape index (κ1) is 17.0. The number of sulfone groups is 1. The number of halogens is 3. The van der Waals surface area contributed by atoms with E-state index in [0.717, 1.165) is 18.5 Å². The molecule has 1 aromatic carbocycles. The molecule has 10 heteroatoms. The van der Waals surface area contributed by atoms with E-state index >= 15 is 0 Å². The molecular formula is C13H11F3N2O4S. The summed E-state index contributed by atoms with van der Waals surface area (Å²) in [6, 6.07) is 1.91. The Morgan fingerprint density at radius 3 is 2.43 bits per heavy atom. The molecule has 0 unspecified atom stereocenters. The van der Waals surface area contributed by atoms with Crippen LogP contribution in [0.3, 0.4) is 0 Å².